The van der Waals surface area contributed by atoms with Gasteiger partial charge in [-0.3, -0.25) is 4.79 Å². The second kappa shape index (κ2) is 8.19. The minimum Gasteiger partial charge on any atom is -0.326 e. The lowest BCUT2D eigenvalue weighted by molar-refractivity contribution is -0.116. The highest BCUT2D eigenvalue weighted by Gasteiger charge is 2.23. The van der Waals surface area contributed by atoms with E-state index in [4.69, 9.17) is 10.1 Å². The maximum absolute atomic E-state index is 12.5. The summed E-state index contributed by atoms with van der Waals surface area (Å²) in [6, 6.07) is 7.92. The number of nitrogens with zero attached hydrogens (tertiary/aromatic N) is 3. The molecule has 1 amide bonds. The lowest BCUT2D eigenvalue weighted by Gasteiger charge is -2.20. The number of aromatic nitrogens is 3. The second-order valence-corrected chi connectivity index (χ2v) is 9.33. The van der Waals surface area contributed by atoms with E-state index < -0.39 is 0 Å². The standard InChI is InChI=1S/C23H30N4OS/c1-14-19(11-12-20(28)25-17-9-8-10-18(13-17)29-7)15(2)24-22-21(14)16(3)26-27(22)23(4,5)6/h8-10,13H,11-12H2,1-7H3,(H,25,28). The van der Waals surface area contributed by atoms with E-state index in [9.17, 15) is 4.79 Å². The summed E-state index contributed by atoms with van der Waals surface area (Å²) in [5, 5.41) is 8.86. The zero-order valence-corrected chi connectivity index (χ0v) is 19.2. The van der Waals surface area contributed by atoms with Gasteiger partial charge in [0.15, 0.2) is 5.65 Å². The van der Waals surface area contributed by atoms with Gasteiger partial charge in [-0.05, 0) is 83.5 Å². The summed E-state index contributed by atoms with van der Waals surface area (Å²) >= 11 is 1.66. The van der Waals surface area contributed by atoms with Gasteiger partial charge in [-0.2, -0.15) is 5.10 Å². The zero-order valence-electron chi connectivity index (χ0n) is 18.4. The van der Waals surface area contributed by atoms with Crippen LogP contribution in [0.5, 0.6) is 0 Å². The minimum absolute atomic E-state index is 0.0178. The lowest BCUT2D eigenvalue weighted by Crippen LogP contribution is -2.23. The first kappa shape index (κ1) is 21.4. The van der Waals surface area contributed by atoms with Crippen LogP contribution < -0.4 is 5.32 Å². The number of hydrogen-bond donors (Lipinski definition) is 1. The Hall–Kier alpha value is -2.34. The van der Waals surface area contributed by atoms with Crippen LogP contribution in [0.15, 0.2) is 29.2 Å². The van der Waals surface area contributed by atoms with Crippen LogP contribution >= 0.6 is 11.8 Å². The summed E-state index contributed by atoms with van der Waals surface area (Å²) in [5.74, 6) is 0.0178. The molecular weight excluding hydrogens is 380 g/mol. The molecule has 0 saturated carbocycles. The first-order chi connectivity index (χ1) is 13.6. The average molecular weight is 411 g/mol. The van der Waals surface area contributed by atoms with E-state index in [0.29, 0.717) is 12.8 Å². The van der Waals surface area contributed by atoms with E-state index >= 15 is 0 Å². The van der Waals surface area contributed by atoms with Crippen molar-refractivity contribution in [3.8, 4) is 0 Å². The molecule has 0 fully saturated rings. The Bertz CT molecular complexity index is 1060. The number of carbonyl (C=O) groups excluding carboxylic acids is 1. The molecule has 2 heterocycles. The van der Waals surface area contributed by atoms with Gasteiger partial charge in [-0.15, -0.1) is 11.8 Å². The largest absolute Gasteiger partial charge is 0.326 e. The fourth-order valence-corrected chi connectivity index (χ4v) is 4.16. The van der Waals surface area contributed by atoms with Crippen LogP contribution in [0, 0.1) is 20.8 Å². The predicted octanol–water partition coefficient (Wildman–Crippen LogP) is 5.40. The third-order valence-corrected chi connectivity index (χ3v) is 5.89. The van der Waals surface area contributed by atoms with E-state index in [1.54, 1.807) is 11.8 Å². The van der Waals surface area contributed by atoms with Crippen molar-refractivity contribution in [1.29, 1.82) is 0 Å². The molecule has 0 unspecified atom stereocenters. The average Bonchev–Trinajstić information content (AvgIpc) is 2.98. The molecular formula is C23H30N4OS. The fraction of sp³-hybridized carbons (Fsp3) is 0.435. The van der Waals surface area contributed by atoms with Gasteiger partial charge in [0, 0.05) is 28.1 Å². The highest BCUT2D eigenvalue weighted by atomic mass is 32.2. The molecule has 1 aromatic carbocycles. The topological polar surface area (TPSA) is 59.8 Å². The number of carbonyl (C=O) groups is 1. The van der Waals surface area contributed by atoms with Gasteiger partial charge in [0.05, 0.1) is 11.2 Å². The Kier molecular flexibility index (Phi) is 6.03. The quantitative estimate of drug-likeness (QED) is 0.572. The molecule has 1 N–H and O–H groups in total. The van der Waals surface area contributed by atoms with Crippen molar-refractivity contribution in [3.05, 3.63) is 46.8 Å². The van der Waals surface area contributed by atoms with Gasteiger partial charge in [0.1, 0.15) is 0 Å². The molecule has 29 heavy (non-hydrogen) atoms. The zero-order chi connectivity index (χ0) is 21.3. The SMILES string of the molecule is CSc1cccc(NC(=O)CCc2c(C)nc3c(c(C)nn3C(C)(C)C)c2C)c1. The number of anilines is 1. The van der Waals surface area contributed by atoms with Crippen molar-refractivity contribution in [3.63, 3.8) is 0 Å². The summed E-state index contributed by atoms with van der Waals surface area (Å²) in [7, 11) is 0. The van der Waals surface area contributed by atoms with Crippen molar-refractivity contribution >= 4 is 34.4 Å². The van der Waals surface area contributed by atoms with Crippen LogP contribution in [0.2, 0.25) is 0 Å². The summed E-state index contributed by atoms with van der Waals surface area (Å²) < 4.78 is 2.01. The first-order valence-corrected chi connectivity index (χ1v) is 11.1. The molecule has 5 nitrogen and oxygen atoms in total. The maximum Gasteiger partial charge on any atom is 0.224 e. The smallest absolute Gasteiger partial charge is 0.224 e. The molecule has 0 aliphatic carbocycles. The number of fused-ring (bicyclic) bond motifs is 1. The van der Waals surface area contributed by atoms with Gasteiger partial charge in [0.2, 0.25) is 5.91 Å². The van der Waals surface area contributed by atoms with E-state index in [1.807, 2.05) is 49.1 Å². The molecule has 0 radical (unpaired) electrons. The summed E-state index contributed by atoms with van der Waals surface area (Å²) in [4.78, 5) is 18.5. The van der Waals surface area contributed by atoms with Gasteiger partial charge in [0.25, 0.3) is 0 Å². The van der Waals surface area contributed by atoms with E-state index in [-0.39, 0.29) is 11.4 Å². The minimum atomic E-state index is -0.134. The van der Waals surface area contributed by atoms with Crippen LogP contribution in [0.4, 0.5) is 5.69 Å². The van der Waals surface area contributed by atoms with Gasteiger partial charge < -0.3 is 5.32 Å². The molecule has 6 heteroatoms. The normalized spacial score (nSPS) is 11.8. The van der Waals surface area contributed by atoms with Crippen molar-refractivity contribution in [2.45, 2.75) is 64.8 Å². The summed E-state index contributed by atoms with van der Waals surface area (Å²) in [5.41, 5.74) is 5.90. The van der Waals surface area contributed by atoms with Gasteiger partial charge in [-0.1, -0.05) is 6.07 Å². The Morgan fingerprint density at radius 3 is 2.55 bits per heavy atom. The lowest BCUT2D eigenvalue weighted by atomic mass is 9.99. The Morgan fingerprint density at radius 2 is 1.90 bits per heavy atom. The molecule has 0 aliphatic rings. The molecule has 3 rings (SSSR count). The molecule has 154 valence electrons. The highest BCUT2D eigenvalue weighted by molar-refractivity contribution is 7.98. The third-order valence-electron chi connectivity index (χ3n) is 5.17. The van der Waals surface area contributed by atoms with Gasteiger partial charge >= 0.3 is 0 Å². The number of pyridine rings is 1. The number of benzene rings is 1. The molecule has 0 aliphatic heterocycles. The molecule has 0 saturated heterocycles. The monoisotopic (exact) mass is 410 g/mol. The van der Waals surface area contributed by atoms with E-state index in [1.165, 1.54) is 5.56 Å². The molecule has 3 aromatic rings. The number of thioether (sulfide) groups is 1. The predicted molar refractivity (Wildman–Crippen MR) is 122 cm³/mol. The van der Waals surface area contributed by atoms with Crippen LogP contribution in [0.25, 0.3) is 11.0 Å². The Labute approximate surface area is 177 Å². The Morgan fingerprint density at radius 1 is 1.17 bits per heavy atom. The van der Waals surface area contributed by atoms with E-state index in [0.717, 1.165) is 38.6 Å². The first-order valence-electron chi connectivity index (χ1n) is 9.91. The van der Waals surface area contributed by atoms with Crippen LogP contribution in [-0.4, -0.2) is 26.9 Å². The van der Waals surface area contributed by atoms with Crippen molar-refractivity contribution in [2.24, 2.45) is 0 Å². The molecule has 0 spiro atoms. The van der Waals surface area contributed by atoms with Crippen molar-refractivity contribution in [2.75, 3.05) is 11.6 Å². The number of hydrogen-bond acceptors (Lipinski definition) is 4. The molecule has 0 bridgehead atoms. The van der Waals surface area contributed by atoms with Gasteiger partial charge in [-0.25, -0.2) is 9.67 Å². The summed E-state index contributed by atoms with van der Waals surface area (Å²) in [6.07, 6.45) is 3.11. The van der Waals surface area contributed by atoms with Crippen LogP contribution in [0.3, 0.4) is 0 Å². The van der Waals surface area contributed by atoms with Crippen molar-refractivity contribution in [1.82, 2.24) is 14.8 Å². The Balaban J connectivity index is 1.83. The fourth-order valence-electron chi connectivity index (χ4n) is 3.70. The van der Waals surface area contributed by atoms with Crippen LogP contribution in [-0.2, 0) is 16.8 Å². The number of nitrogens with one attached hydrogen (secondary N) is 1. The van der Waals surface area contributed by atoms with E-state index in [2.05, 4.69) is 33.0 Å². The number of amides is 1. The maximum atomic E-state index is 12.5. The summed E-state index contributed by atoms with van der Waals surface area (Å²) in [6.45, 7) is 12.6. The molecule has 0 atom stereocenters. The number of aryl methyl sites for hydroxylation is 3. The highest BCUT2D eigenvalue weighted by Crippen LogP contribution is 2.29. The van der Waals surface area contributed by atoms with Crippen molar-refractivity contribution < 1.29 is 4.79 Å². The van der Waals surface area contributed by atoms with Crippen LogP contribution in [0.1, 0.15) is 49.7 Å². The molecule has 2 aromatic heterocycles. The number of rotatable bonds is 5. The second-order valence-electron chi connectivity index (χ2n) is 8.45. The third kappa shape index (κ3) is 4.47.